The molecule has 3 N–H and O–H groups in total. The largest absolute Gasteiger partial charge is 0.463 e. The fourth-order valence-corrected chi connectivity index (χ4v) is 1.85. The maximum absolute atomic E-state index is 9.60. The van der Waals surface area contributed by atoms with Gasteiger partial charge in [-0.15, -0.1) is 0 Å². The van der Waals surface area contributed by atoms with Crippen molar-refractivity contribution in [2.24, 2.45) is 5.41 Å². The Kier molecular flexibility index (Phi) is 7.14. The lowest BCUT2D eigenvalue weighted by atomic mass is 9.83. The molecule has 0 amide bonds. The van der Waals surface area contributed by atoms with E-state index in [4.69, 9.17) is 4.74 Å². The van der Waals surface area contributed by atoms with Crippen LogP contribution in [0, 0.1) is 5.41 Å². The Balaban J connectivity index is 2.81. The van der Waals surface area contributed by atoms with Crippen molar-refractivity contribution in [2.45, 2.75) is 40.0 Å². The molecular weight excluding hydrogens is 270 g/mol. The number of aliphatic hydroxyl groups is 1. The Hall–Kier alpha value is -1.63. The maximum atomic E-state index is 9.60. The smallest absolute Gasteiger partial charge is 0.323 e. The number of aromatic nitrogens is 3. The first-order valence-corrected chi connectivity index (χ1v) is 7.54. The van der Waals surface area contributed by atoms with Gasteiger partial charge in [-0.3, -0.25) is 0 Å². The molecule has 0 unspecified atom stereocenters. The average Bonchev–Trinajstić information content (AvgIpc) is 2.54. The molecule has 1 rings (SSSR count). The van der Waals surface area contributed by atoms with Crippen molar-refractivity contribution >= 4 is 11.9 Å². The molecule has 0 aromatic carbocycles. The maximum Gasteiger partial charge on any atom is 0.323 e. The van der Waals surface area contributed by atoms with Crippen LogP contribution in [0.3, 0.4) is 0 Å². The lowest BCUT2D eigenvalue weighted by molar-refractivity contribution is 0.127. The molecular formula is C14H27N5O2. The molecule has 0 saturated heterocycles. The Morgan fingerprint density at radius 1 is 1.10 bits per heavy atom. The van der Waals surface area contributed by atoms with Crippen LogP contribution in [-0.2, 0) is 0 Å². The van der Waals surface area contributed by atoms with Gasteiger partial charge in [0.1, 0.15) is 0 Å². The average molecular weight is 297 g/mol. The third kappa shape index (κ3) is 5.00. The molecule has 0 bridgehead atoms. The van der Waals surface area contributed by atoms with Gasteiger partial charge in [0.2, 0.25) is 11.9 Å². The molecule has 1 aromatic heterocycles. The quantitative estimate of drug-likeness (QED) is 0.607. The van der Waals surface area contributed by atoms with Gasteiger partial charge in [-0.05, 0) is 19.3 Å². The summed E-state index contributed by atoms with van der Waals surface area (Å²) >= 11 is 0. The van der Waals surface area contributed by atoms with Crippen molar-refractivity contribution in [1.29, 1.82) is 0 Å². The van der Waals surface area contributed by atoms with Crippen LogP contribution >= 0.6 is 0 Å². The lowest BCUT2D eigenvalue weighted by Crippen LogP contribution is -2.32. The Morgan fingerprint density at radius 3 is 2.29 bits per heavy atom. The van der Waals surface area contributed by atoms with Crippen LogP contribution in [0.1, 0.15) is 40.0 Å². The highest BCUT2D eigenvalue weighted by Crippen LogP contribution is 2.25. The highest BCUT2D eigenvalue weighted by Gasteiger charge is 2.25. The molecule has 0 aliphatic carbocycles. The third-order valence-electron chi connectivity index (χ3n) is 3.73. The second-order valence-corrected chi connectivity index (χ2v) is 5.08. The van der Waals surface area contributed by atoms with Gasteiger partial charge in [-0.1, -0.05) is 20.8 Å². The molecule has 120 valence electrons. The zero-order valence-corrected chi connectivity index (χ0v) is 13.4. The lowest BCUT2D eigenvalue weighted by Gasteiger charge is -2.29. The molecule has 1 heterocycles. The number of ether oxygens (including phenoxy) is 1. The molecule has 0 fully saturated rings. The van der Waals surface area contributed by atoms with Crippen LogP contribution in [0.5, 0.6) is 6.01 Å². The van der Waals surface area contributed by atoms with E-state index < -0.39 is 0 Å². The summed E-state index contributed by atoms with van der Waals surface area (Å²) < 4.78 is 5.46. The Bertz CT molecular complexity index is 416. The van der Waals surface area contributed by atoms with Gasteiger partial charge in [0.15, 0.2) is 0 Å². The van der Waals surface area contributed by atoms with Gasteiger partial charge in [0.25, 0.3) is 0 Å². The van der Waals surface area contributed by atoms with Crippen LogP contribution in [-0.4, -0.2) is 46.9 Å². The number of rotatable bonds is 10. The molecule has 7 nitrogen and oxygen atoms in total. The monoisotopic (exact) mass is 297 g/mol. The van der Waals surface area contributed by atoms with Crippen molar-refractivity contribution in [3.05, 3.63) is 0 Å². The van der Waals surface area contributed by atoms with Gasteiger partial charge < -0.3 is 20.5 Å². The van der Waals surface area contributed by atoms with E-state index in [0.717, 1.165) is 19.3 Å². The van der Waals surface area contributed by atoms with Gasteiger partial charge in [0, 0.05) is 19.0 Å². The zero-order valence-electron chi connectivity index (χ0n) is 13.4. The normalized spacial score (nSPS) is 11.3. The molecule has 0 aliphatic rings. The number of aliphatic hydroxyl groups excluding tert-OH is 1. The van der Waals surface area contributed by atoms with E-state index in [2.05, 4.69) is 39.4 Å². The van der Waals surface area contributed by atoms with Crippen LogP contribution in [0.15, 0.2) is 0 Å². The minimum atomic E-state index is -0.156. The number of hydrogen-bond donors (Lipinski definition) is 3. The summed E-state index contributed by atoms with van der Waals surface area (Å²) in [7, 11) is 1.75. The van der Waals surface area contributed by atoms with E-state index >= 15 is 0 Å². The second-order valence-electron chi connectivity index (χ2n) is 5.08. The van der Waals surface area contributed by atoms with Gasteiger partial charge in [0.05, 0.1) is 13.2 Å². The molecule has 0 saturated carbocycles. The fourth-order valence-electron chi connectivity index (χ4n) is 1.85. The first-order chi connectivity index (χ1) is 10.1. The summed E-state index contributed by atoms with van der Waals surface area (Å²) in [5.41, 5.74) is -0.156. The molecule has 0 spiro atoms. The highest BCUT2D eigenvalue weighted by atomic mass is 16.5. The first kappa shape index (κ1) is 17.4. The van der Waals surface area contributed by atoms with Crippen LogP contribution in [0.25, 0.3) is 0 Å². The highest BCUT2D eigenvalue weighted by molar-refractivity contribution is 5.35. The van der Waals surface area contributed by atoms with Gasteiger partial charge in [-0.2, -0.15) is 15.0 Å². The van der Waals surface area contributed by atoms with E-state index in [1.54, 1.807) is 7.05 Å². The van der Waals surface area contributed by atoms with E-state index in [0.29, 0.717) is 31.1 Å². The second kappa shape index (κ2) is 8.61. The molecule has 1 aromatic rings. The summed E-state index contributed by atoms with van der Waals surface area (Å²) in [6, 6.07) is 0.307. The number of nitrogens with zero attached hydrogens (tertiary/aromatic N) is 3. The van der Waals surface area contributed by atoms with Crippen molar-refractivity contribution in [2.75, 3.05) is 37.4 Å². The zero-order chi connectivity index (χ0) is 15.7. The number of nitrogens with one attached hydrogen (secondary N) is 2. The summed E-state index contributed by atoms with van der Waals surface area (Å²) in [6.45, 7) is 7.48. The predicted molar refractivity (Wildman–Crippen MR) is 83.8 cm³/mol. The van der Waals surface area contributed by atoms with E-state index in [9.17, 15) is 5.11 Å². The summed E-state index contributed by atoms with van der Waals surface area (Å²) in [4.78, 5) is 12.7. The Labute approximate surface area is 126 Å². The molecule has 0 radical (unpaired) electrons. The van der Waals surface area contributed by atoms with E-state index in [1.807, 2.05) is 6.92 Å². The molecule has 7 heteroatoms. The molecule has 0 atom stereocenters. The van der Waals surface area contributed by atoms with Crippen molar-refractivity contribution < 1.29 is 9.84 Å². The summed E-state index contributed by atoms with van der Waals surface area (Å²) in [5.74, 6) is 0.918. The number of anilines is 2. The SMILES string of the molecule is CCCOc1nc(NC)nc(NCC(CC)(CC)CO)n1. The molecule has 0 aliphatic heterocycles. The number of hydrogen-bond acceptors (Lipinski definition) is 7. The predicted octanol–water partition coefficient (Wildman–Crippen LogP) is 1.91. The minimum absolute atomic E-state index is 0.135. The standard InChI is InChI=1S/C14H27N5O2/c1-5-8-21-13-18-11(15-4)17-12(19-13)16-9-14(6-2,7-3)10-20/h20H,5-10H2,1-4H3,(H2,15,16,17,18,19). The van der Waals surface area contributed by atoms with E-state index in [1.165, 1.54) is 0 Å². The summed E-state index contributed by atoms with van der Waals surface area (Å²) in [6.07, 6.45) is 2.66. The minimum Gasteiger partial charge on any atom is -0.463 e. The van der Waals surface area contributed by atoms with Crippen molar-refractivity contribution in [3.8, 4) is 6.01 Å². The van der Waals surface area contributed by atoms with Crippen LogP contribution < -0.4 is 15.4 Å². The van der Waals surface area contributed by atoms with Crippen LogP contribution in [0.2, 0.25) is 0 Å². The van der Waals surface area contributed by atoms with Gasteiger partial charge >= 0.3 is 6.01 Å². The third-order valence-corrected chi connectivity index (χ3v) is 3.73. The van der Waals surface area contributed by atoms with Gasteiger partial charge in [-0.25, -0.2) is 0 Å². The Morgan fingerprint density at radius 2 is 1.76 bits per heavy atom. The molecule has 21 heavy (non-hydrogen) atoms. The fraction of sp³-hybridized carbons (Fsp3) is 0.786. The van der Waals surface area contributed by atoms with Crippen molar-refractivity contribution in [3.63, 3.8) is 0 Å². The summed E-state index contributed by atoms with van der Waals surface area (Å²) in [5, 5.41) is 15.7. The topological polar surface area (TPSA) is 92.2 Å². The van der Waals surface area contributed by atoms with Crippen molar-refractivity contribution in [1.82, 2.24) is 15.0 Å². The first-order valence-electron chi connectivity index (χ1n) is 7.54. The van der Waals surface area contributed by atoms with E-state index in [-0.39, 0.29) is 12.0 Å². The van der Waals surface area contributed by atoms with Crippen LogP contribution in [0.4, 0.5) is 11.9 Å².